The predicted molar refractivity (Wildman–Crippen MR) is 82.4 cm³/mol. The molecule has 20 heavy (non-hydrogen) atoms. The Morgan fingerprint density at radius 3 is 2.75 bits per heavy atom. The largest absolute Gasteiger partial charge is 0.493 e. The lowest BCUT2D eigenvalue weighted by atomic mass is 9.85. The molecule has 1 aliphatic heterocycles. The minimum absolute atomic E-state index is 0.192. The van der Waals surface area contributed by atoms with E-state index in [0.717, 1.165) is 38.2 Å². The molecule has 1 fully saturated rings. The quantitative estimate of drug-likeness (QED) is 0.876. The Bertz CT molecular complexity index is 405. The summed E-state index contributed by atoms with van der Waals surface area (Å²) in [5, 5.41) is 10.3. The van der Waals surface area contributed by atoms with Crippen molar-refractivity contribution in [2.24, 2.45) is 11.8 Å². The van der Waals surface area contributed by atoms with E-state index in [-0.39, 0.29) is 12.5 Å². The first kappa shape index (κ1) is 15.6. The van der Waals surface area contributed by atoms with Gasteiger partial charge in [0.2, 0.25) is 0 Å². The summed E-state index contributed by atoms with van der Waals surface area (Å²) in [5.41, 5.74) is 0. The number of piperidine rings is 1. The van der Waals surface area contributed by atoms with Crippen LogP contribution in [0.4, 0.5) is 0 Å². The van der Waals surface area contributed by atoms with Crippen LogP contribution < -0.4 is 4.74 Å². The Hall–Kier alpha value is -0.770. The number of ether oxygens (including phenoxy) is 1. The molecule has 1 aromatic carbocycles. The normalized spacial score (nSPS) is 18.9. The van der Waals surface area contributed by atoms with Gasteiger partial charge in [0.25, 0.3) is 0 Å². The van der Waals surface area contributed by atoms with Crippen LogP contribution in [0.2, 0.25) is 5.02 Å². The summed E-state index contributed by atoms with van der Waals surface area (Å²) in [7, 11) is 0. The van der Waals surface area contributed by atoms with Crippen LogP contribution in [0.3, 0.4) is 0 Å². The van der Waals surface area contributed by atoms with Gasteiger partial charge in [0.05, 0.1) is 6.61 Å². The molecule has 1 aliphatic rings. The van der Waals surface area contributed by atoms with Gasteiger partial charge in [-0.05, 0) is 56.6 Å². The lowest BCUT2D eigenvalue weighted by Crippen LogP contribution is -2.38. The summed E-state index contributed by atoms with van der Waals surface area (Å²) >= 11 is 5.94. The van der Waals surface area contributed by atoms with Gasteiger partial charge in [0, 0.05) is 17.5 Å². The first-order valence-corrected chi connectivity index (χ1v) is 7.82. The monoisotopic (exact) mass is 297 g/mol. The maximum atomic E-state index is 9.61. The third-order valence-electron chi connectivity index (χ3n) is 4.24. The predicted octanol–water partition coefficient (Wildman–Crippen LogP) is 3.06. The van der Waals surface area contributed by atoms with Crippen LogP contribution in [0.15, 0.2) is 24.3 Å². The van der Waals surface area contributed by atoms with Crippen LogP contribution >= 0.6 is 11.6 Å². The van der Waals surface area contributed by atoms with Crippen molar-refractivity contribution in [1.82, 2.24) is 4.90 Å². The van der Waals surface area contributed by atoms with Gasteiger partial charge in [-0.1, -0.05) is 24.6 Å². The molecular formula is C16H24ClNO2. The SMILES string of the molecule is CCN1CCC(C(CO)COc2cccc(Cl)c2)CC1. The molecular weight excluding hydrogens is 274 g/mol. The van der Waals surface area contributed by atoms with Crippen molar-refractivity contribution in [3.05, 3.63) is 29.3 Å². The minimum atomic E-state index is 0.192. The van der Waals surface area contributed by atoms with Gasteiger partial charge in [-0.3, -0.25) is 0 Å². The Labute approximate surface area is 126 Å². The number of nitrogens with zero attached hydrogens (tertiary/aromatic N) is 1. The lowest BCUT2D eigenvalue weighted by molar-refractivity contribution is 0.0757. The molecule has 0 spiro atoms. The fraction of sp³-hybridized carbons (Fsp3) is 0.625. The molecule has 0 amide bonds. The zero-order valence-electron chi connectivity index (χ0n) is 12.1. The van der Waals surface area contributed by atoms with E-state index >= 15 is 0 Å². The third kappa shape index (κ3) is 4.37. The molecule has 0 aromatic heterocycles. The fourth-order valence-corrected chi connectivity index (χ4v) is 3.02. The Kier molecular flexibility index (Phi) is 6.14. The second-order valence-electron chi connectivity index (χ2n) is 5.48. The Morgan fingerprint density at radius 2 is 2.15 bits per heavy atom. The molecule has 1 heterocycles. The number of likely N-dealkylation sites (tertiary alicyclic amines) is 1. The zero-order valence-corrected chi connectivity index (χ0v) is 12.9. The van der Waals surface area contributed by atoms with Crippen molar-refractivity contribution in [2.75, 3.05) is 32.8 Å². The topological polar surface area (TPSA) is 32.7 Å². The molecule has 2 rings (SSSR count). The smallest absolute Gasteiger partial charge is 0.120 e. The Balaban J connectivity index is 1.83. The van der Waals surface area contributed by atoms with Crippen molar-refractivity contribution in [2.45, 2.75) is 19.8 Å². The van der Waals surface area contributed by atoms with Crippen LogP contribution in [-0.2, 0) is 0 Å². The van der Waals surface area contributed by atoms with Gasteiger partial charge in [-0.25, -0.2) is 0 Å². The molecule has 1 saturated heterocycles. The zero-order chi connectivity index (χ0) is 14.4. The van der Waals surface area contributed by atoms with Crippen LogP contribution in [0.5, 0.6) is 5.75 Å². The number of aliphatic hydroxyl groups excluding tert-OH is 1. The summed E-state index contributed by atoms with van der Waals surface area (Å²) in [5.74, 6) is 1.55. The van der Waals surface area contributed by atoms with E-state index in [4.69, 9.17) is 16.3 Å². The van der Waals surface area contributed by atoms with E-state index in [9.17, 15) is 5.11 Å². The number of aliphatic hydroxyl groups is 1. The minimum Gasteiger partial charge on any atom is -0.493 e. The number of rotatable bonds is 6. The van der Waals surface area contributed by atoms with E-state index in [1.807, 2.05) is 24.3 Å². The van der Waals surface area contributed by atoms with E-state index in [1.54, 1.807) is 0 Å². The number of benzene rings is 1. The standard InChI is InChI=1S/C16H24ClNO2/c1-2-18-8-6-13(7-9-18)14(11-19)12-20-16-5-3-4-15(17)10-16/h3-5,10,13-14,19H,2,6-9,11-12H2,1H3. The molecule has 0 radical (unpaired) electrons. The fourth-order valence-electron chi connectivity index (χ4n) is 2.84. The highest BCUT2D eigenvalue weighted by Crippen LogP contribution is 2.26. The highest BCUT2D eigenvalue weighted by Gasteiger charge is 2.26. The van der Waals surface area contributed by atoms with Crippen LogP contribution in [0.1, 0.15) is 19.8 Å². The molecule has 1 aromatic rings. The first-order chi connectivity index (χ1) is 9.72. The van der Waals surface area contributed by atoms with Crippen LogP contribution in [0, 0.1) is 11.8 Å². The number of halogens is 1. The Morgan fingerprint density at radius 1 is 1.40 bits per heavy atom. The van der Waals surface area contributed by atoms with Gasteiger partial charge in [0.15, 0.2) is 0 Å². The highest BCUT2D eigenvalue weighted by molar-refractivity contribution is 6.30. The first-order valence-electron chi connectivity index (χ1n) is 7.44. The van der Waals surface area contributed by atoms with Gasteiger partial charge >= 0.3 is 0 Å². The second kappa shape index (κ2) is 7.87. The average Bonchev–Trinajstić information content (AvgIpc) is 2.48. The lowest BCUT2D eigenvalue weighted by Gasteiger charge is -2.34. The average molecular weight is 298 g/mol. The summed E-state index contributed by atoms with van der Waals surface area (Å²) < 4.78 is 5.79. The van der Waals surface area contributed by atoms with E-state index in [1.165, 1.54) is 0 Å². The summed E-state index contributed by atoms with van der Waals surface area (Å²) in [4.78, 5) is 2.46. The van der Waals surface area contributed by atoms with Gasteiger partial charge < -0.3 is 14.7 Å². The molecule has 4 heteroatoms. The number of hydrogen-bond donors (Lipinski definition) is 1. The van der Waals surface area contributed by atoms with Crippen molar-refractivity contribution >= 4 is 11.6 Å². The van der Waals surface area contributed by atoms with Gasteiger partial charge in [0.1, 0.15) is 5.75 Å². The van der Waals surface area contributed by atoms with Crippen molar-refractivity contribution < 1.29 is 9.84 Å². The second-order valence-corrected chi connectivity index (χ2v) is 5.92. The molecule has 1 atom stereocenters. The maximum Gasteiger partial charge on any atom is 0.120 e. The number of hydrogen-bond acceptors (Lipinski definition) is 3. The van der Waals surface area contributed by atoms with Crippen LogP contribution in [-0.4, -0.2) is 42.9 Å². The molecule has 3 nitrogen and oxygen atoms in total. The molecule has 0 aliphatic carbocycles. The van der Waals surface area contributed by atoms with Gasteiger partial charge in [-0.2, -0.15) is 0 Å². The summed E-state index contributed by atoms with van der Waals surface area (Å²) in [6.45, 7) is 6.34. The molecule has 112 valence electrons. The molecule has 0 saturated carbocycles. The van der Waals surface area contributed by atoms with E-state index in [0.29, 0.717) is 17.5 Å². The maximum absolute atomic E-state index is 9.61. The summed E-state index contributed by atoms with van der Waals surface area (Å²) in [6.07, 6.45) is 2.30. The van der Waals surface area contributed by atoms with E-state index in [2.05, 4.69) is 11.8 Å². The van der Waals surface area contributed by atoms with Crippen molar-refractivity contribution in [1.29, 1.82) is 0 Å². The van der Waals surface area contributed by atoms with Crippen molar-refractivity contribution in [3.8, 4) is 5.75 Å². The molecule has 0 bridgehead atoms. The molecule has 1 unspecified atom stereocenters. The third-order valence-corrected chi connectivity index (χ3v) is 4.48. The van der Waals surface area contributed by atoms with Crippen LogP contribution in [0.25, 0.3) is 0 Å². The molecule has 1 N–H and O–H groups in total. The van der Waals surface area contributed by atoms with E-state index < -0.39 is 0 Å². The van der Waals surface area contributed by atoms with Gasteiger partial charge in [-0.15, -0.1) is 0 Å². The summed E-state index contributed by atoms with van der Waals surface area (Å²) in [6, 6.07) is 7.43. The van der Waals surface area contributed by atoms with Crippen molar-refractivity contribution in [3.63, 3.8) is 0 Å². The highest BCUT2D eigenvalue weighted by atomic mass is 35.5.